The van der Waals surface area contributed by atoms with Gasteiger partial charge in [-0.2, -0.15) is 0 Å². The van der Waals surface area contributed by atoms with Crippen molar-refractivity contribution in [2.45, 2.75) is 36.9 Å². The smallest absolute Gasteiger partial charge is 0.242 e. The Bertz CT molecular complexity index is 658. The molecule has 0 unspecified atom stereocenters. The summed E-state index contributed by atoms with van der Waals surface area (Å²) < 4.78 is 27.4. The van der Waals surface area contributed by atoms with E-state index in [1.54, 1.807) is 17.4 Å². The van der Waals surface area contributed by atoms with Gasteiger partial charge < -0.3 is 5.32 Å². The molecule has 0 radical (unpaired) electrons. The van der Waals surface area contributed by atoms with Crippen molar-refractivity contribution in [1.82, 2.24) is 10.0 Å². The molecule has 2 aromatic rings. The molecule has 1 fully saturated rings. The van der Waals surface area contributed by atoms with Crippen molar-refractivity contribution >= 4 is 32.7 Å². The molecule has 0 saturated heterocycles. The highest BCUT2D eigenvalue weighted by Crippen LogP contribution is 2.25. The van der Waals surface area contributed by atoms with E-state index in [-0.39, 0.29) is 0 Å². The Morgan fingerprint density at radius 2 is 2.00 bits per heavy atom. The molecule has 0 bridgehead atoms. The maximum Gasteiger partial charge on any atom is 0.242 e. The second-order valence-corrected chi connectivity index (χ2v) is 8.54. The quantitative estimate of drug-likeness (QED) is 0.821. The van der Waals surface area contributed by atoms with Crippen LogP contribution in [0.15, 0.2) is 33.9 Å². The first kappa shape index (κ1) is 14.2. The summed E-state index contributed by atoms with van der Waals surface area (Å²) in [6.45, 7) is 0.989. The first-order valence-corrected chi connectivity index (χ1v) is 9.71. The van der Waals surface area contributed by atoms with Crippen LogP contribution in [0.3, 0.4) is 0 Å². The van der Waals surface area contributed by atoms with Gasteiger partial charge in [0.25, 0.3) is 0 Å². The zero-order chi connectivity index (χ0) is 14.0. The second kappa shape index (κ2) is 5.95. The molecule has 0 spiro atoms. The fourth-order valence-electron chi connectivity index (χ4n) is 1.88. The van der Waals surface area contributed by atoms with Crippen LogP contribution >= 0.6 is 22.7 Å². The van der Waals surface area contributed by atoms with Crippen LogP contribution in [0.25, 0.3) is 0 Å². The topological polar surface area (TPSA) is 58.2 Å². The molecule has 108 valence electrons. The molecule has 2 N–H and O–H groups in total. The van der Waals surface area contributed by atoms with Crippen molar-refractivity contribution < 1.29 is 8.42 Å². The maximum absolute atomic E-state index is 12.3. The van der Waals surface area contributed by atoms with E-state index in [0.717, 1.165) is 9.75 Å². The summed E-state index contributed by atoms with van der Waals surface area (Å²) in [4.78, 5) is 2.31. The SMILES string of the molecule is O=S(=O)(NCc1cccs1)c1ccsc1CNC1CC1. The van der Waals surface area contributed by atoms with Crippen LogP contribution in [0, 0.1) is 0 Å². The van der Waals surface area contributed by atoms with Crippen LogP contribution < -0.4 is 10.0 Å². The van der Waals surface area contributed by atoms with E-state index in [0.29, 0.717) is 24.0 Å². The Kier molecular flexibility index (Phi) is 4.23. The Hall–Kier alpha value is -0.730. The van der Waals surface area contributed by atoms with E-state index < -0.39 is 10.0 Å². The summed E-state index contributed by atoms with van der Waals surface area (Å²) in [5.41, 5.74) is 0. The Morgan fingerprint density at radius 3 is 2.70 bits per heavy atom. The van der Waals surface area contributed by atoms with Crippen molar-refractivity contribution in [3.05, 3.63) is 38.7 Å². The van der Waals surface area contributed by atoms with Gasteiger partial charge in [-0.1, -0.05) is 6.07 Å². The molecule has 4 nitrogen and oxygen atoms in total. The number of thiophene rings is 2. The van der Waals surface area contributed by atoms with Gasteiger partial charge in [0, 0.05) is 28.9 Å². The van der Waals surface area contributed by atoms with Crippen molar-refractivity contribution in [1.29, 1.82) is 0 Å². The van der Waals surface area contributed by atoms with Gasteiger partial charge in [0.2, 0.25) is 10.0 Å². The Morgan fingerprint density at radius 1 is 1.15 bits per heavy atom. The van der Waals surface area contributed by atoms with E-state index in [1.165, 1.54) is 24.2 Å². The largest absolute Gasteiger partial charge is 0.309 e. The fraction of sp³-hybridized carbons (Fsp3) is 0.385. The number of hydrogen-bond acceptors (Lipinski definition) is 5. The van der Waals surface area contributed by atoms with Gasteiger partial charge in [-0.15, -0.1) is 22.7 Å². The molecular weight excluding hydrogens is 312 g/mol. The Balaban J connectivity index is 1.68. The first-order chi connectivity index (χ1) is 9.65. The molecular formula is C13H16N2O2S3. The van der Waals surface area contributed by atoms with Gasteiger partial charge in [-0.3, -0.25) is 0 Å². The highest BCUT2D eigenvalue weighted by Gasteiger charge is 2.23. The van der Waals surface area contributed by atoms with Crippen LogP contribution in [0.4, 0.5) is 0 Å². The summed E-state index contributed by atoms with van der Waals surface area (Å²) >= 11 is 3.04. The third kappa shape index (κ3) is 3.48. The maximum atomic E-state index is 12.3. The monoisotopic (exact) mass is 328 g/mol. The molecule has 0 aliphatic heterocycles. The van der Waals surface area contributed by atoms with E-state index in [1.807, 2.05) is 22.9 Å². The molecule has 1 aliphatic rings. The van der Waals surface area contributed by atoms with Crippen LogP contribution in [0.2, 0.25) is 0 Å². The lowest BCUT2D eigenvalue weighted by molar-refractivity contribution is 0.579. The molecule has 7 heteroatoms. The molecule has 0 amide bonds. The lowest BCUT2D eigenvalue weighted by Crippen LogP contribution is -2.24. The van der Waals surface area contributed by atoms with E-state index in [2.05, 4.69) is 10.0 Å². The van der Waals surface area contributed by atoms with Gasteiger partial charge >= 0.3 is 0 Å². The normalized spacial score (nSPS) is 15.6. The zero-order valence-electron chi connectivity index (χ0n) is 10.8. The number of hydrogen-bond donors (Lipinski definition) is 2. The van der Waals surface area contributed by atoms with Gasteiger partial charge in [0.1, 0.15) is 0 Å². The summed E-state index contributed by atoms with van der Waals surface area (Å²) in [5.74, 6) is 0. The van der Waals surface area contributed by atoms with Crippen LogP contribution in [0.5, 0.6) is 0 Å². The van der Waals surface area contributed by atoms with Gasteiger partial charge in [0.15, 0.2) is 0 Å². The van der Waals surface area contributed by atoms with Gasteiger partial charge in [-0.25, -0.2) is 13.1 Å². The highest BCUT2D eigenvalue weighted by atomic mass is 32.2. The van der Waals surface area contributed by atoms with Gasteiger partial charge in [-0.05, 0) is 35.7 Å². The summed E-state index contributed by atoms with van der Waals surface area (Å²) in [5, 5.41) is 7.14. The van der Waals surface area contributed by atoms with E-state index >= 15 is 0 Å². The summed E-state index contributed by atoms with van der Waals surface area (Å²) in [7, 11) is -3.42. The van der Waals surface area contributed by atoms with Crippen molar-refractivity contribution in [2.75, 3.05) is 0 Å². The molecule has 0 aromatic carbocycles. The summed E-state index contributed by atoms with van der Waals surface area (Å²) in [6.07, 6.45) is 2.40. The molecule has 1 aliphatic carbocycles. The minimum Gasteiger partial charge on any atom is -0.309 e. The third-order valence-corrected chi connectivity index (χ3v) is 6.55. The van der Waals surface area contributed by atoms with E-state index in [4.69, 9.17) is 0 Å². The van der Waals surface area contributed by atoms with E-state index in [9.17, 15) is 8.42 Å². The number of rotatable bonds is 7. The second-order valence-electron chi connectivity index (χ2n) is 4.77. The summed E-state index contributed by atoms with van der Waals surface area (Å²) in [6, 6.07) is 6.11. The molecule has 20 heavy (non-hydrogen) atoms. The van der Waals surface area contributed by atoms with Gasteiger partial charge in [0.05, 0.1) is 4.90 Å². The fourth-order valence-corrected chi connectivity index (χ4v) is 5.01. The van der Waals surface area contributed by atoms with Crippen molar-refractivity contribution in [3.63, 3.8) is 0 Å². The lowest BCUT2D eigenvalue weighted by Gasteiger charge is -2.07. The van der Waals surface area contributed by atoms with Crippen molar-refractivity contribution in [2.24, 2.45) is 0 Å². The predicted octanol–water partition coefficient (Wildman–Crippen LogP) is 2.54. The average molecular weight is 328 g/mol. The van der Waals surface area contributed by atoms with Crippen molar-refractivity contribution in [3.8, 4) is 0 Å². The highest BCUT2D eigenvalue weighted by molar-refractivity contribution is 7.89. The number of nitrogens with one attached hydrogen (secondary N) is 2. The molecule has 2 aromatic heterocycles. The zero-order valence-corrected chi connectivity index (χ0v) is 13.3. The van der Waals surface area contributed by atoms with Crippen LogP contribution in [-0.2, 0) is 23.1 Å². The van der Waals surface area contributed by atoms with Crippen LogP contribution in [-0.4, -0.2) is 14.5 Å². The minimum atomic E-state index is -3.42. The average Bonchev–Trinajstić information content (AvgIpc) is 2.94. The lowest BCUT2D eigenvalue weighted by atomic mass is 10.4. The minimum absolute atomic E-state index is 0.353. The molecule has 2 heterocycles. The standard InChI is InChI=1S/C13H16N2O2S3/c16-20(17,15-8-11-2-1-6-18-11)13-5-7-19-12(13)9-14-10-3-4-10/h1-2,5-7,10,14-15H,3-4,8-9H2. The van der Waals surface area contributed by atoms with Crippen LogP contribution in [0.1, 0.15) is 22.6 Å². The predicted molar refractivity (Wildman–Crippen MR) is 82.5 cm³/mol. The third-order valence-electron chi connectivity index (χ3n) is 3.14. The first-order valence-electron chi connectivity index (χ1n) is 6.47. The Labute approximate surface area is 126 Å². The molecule has 0 atom stereocenters. The molecule has 1 saturated carbocycles. The molecule has 3 rings (SSSR count). The number of sulfonamides is 1.